The van der Waals surface area contributed by atoms with Gasteiger partial charge in [0.1, 0.15) is 5.56 Å². The van der Waals surface area contributed by atoms with E-state index in [9.17, 15) is 9.59 Å². The van der Waals surface area contributed by atoms with Crippen molar-refractivity contribution in [3.63, 3.8) is 0 Å². The first-order valence-electron chi connectivity index (χ1n) is 4.83. The Labute approximate surface area is 93.6 Å². The number of aromatic amines is 1. The number of rotatable bonds is 2. The van der Waals surface area contributed by atoms with E-state index >= 15 is 0 Å². The van der Waals surface area contributed by atoms with Gasteiger partial charge in [0.25, 0.3) is 5.56 Å². The van der Waals surface area contributed by atoms with Gasteiger partial charge in [-0.05, 0) is 32.4 Å². The van der Waals surface area contributed by atoms with Crippen molar-refractivity contribution in [3.8, 4) is 11.8 Å². The van der Waals surface area contributed by atoms with Crippen molar-refractivity contribution in [2.45, 2.75) is 20.8 Å². The predicted octanol–water partition coefficient (Wildman–Crippen LogP) is 1.17. The van der Waals surface area contributed by atoms with E-state index in [4.69, 9.17) is 4.74 Å². The molecule has 16 heavy (non-hydrogen) atoms. The highest BCUT2D eigenvalue weighted by atomic mass is 16.5. The number of aromatic nitrogens is 1. The van der Waals surface area contributed by atoms with Crippen LogP contribution in [-0.2, 0) is 4.74 Å². The number of carbonyl (C=O) groups excluding carboxylic acids is 1. The van der Waals surface area contributed by atoms with Crippen LogP contribution in [0.25, 0.3) is 0 Å². The summed E-state index contributed by atoms with van der Waals surface area (Å²) in [6, 6.07) is 1.73. The van der Waals surface area contributed by atoms with Crippen molar-refractivity contribution in [2.75, 3.05) is 6.61 Å². The first-order chi connectivity index (χ1) is 7.56. The van der Waals surface area contributed by atoms with E-state index in [1.54, 1.807) is 26.8 Å². The van der Waals surface area contributed by atoms with Crippen LogP contribution in [0, 0.1) is 25.7 Å². The molecule has 84 valence electrons. The molecule has 0 radical (unpaired) electrons. The van der Waals surface area contributed by atoms with Crippen LogP contribution in [0.15, 0.2) is 10.9 Å². The third-order valence-corrected chi connectivity index (χ3v) is 2.02. The third-order valence-electron chi connectivity index (χ3n) is 2.02. The van der Waals surface area contributed by atoms with Crippen LogP contribution in [0.3, 0.4) is 0 Å². The number of esters is 1. The Bertz CT molecular complexity index is 517. The number of nitrogens with one attached hydrogen (secondary N) is 1. The summed E-state index contributed by atoms with van der Waals surface area (Å²) in [6.45, 7) is 5.11. The molecule has 0 aliphatic rings. The molecule has 1 heterocycles. The van der Waals surface area contributed by atoms with E-state index in [1.807, 2.05) is 0 Å². The Kier molecular flexibility index (Phi) is 3.90. The van der Waals surface area contributed by atoms with E-state index in [1.165, 1.54) is 0 Å². The number of hydrogen-bond donors (Lipinski definition) is 1. The summed E-state index contributed by atoms with van der Waals surface area (Å²) in [5.41, 5.74) is 0.943. The Morgan fingerprint density at radius 1 is 1.50 bits per heavy atom. The van der Waals surface area contributed by atoms with Crippen LogP contribution < -0.4 is 5.56 Å². The van der Waals surface area contributed by atoms with Crippen LogP contribution in [0.4, 0.5) is 0 Å². The van der Waals surface area contributed by atoms with E-state index in [0.29, 0.717) is 11.3 Å². The molecule has 0 saturated carbocycles. The third kappa shape index (κ3) is 2.74. The first-order valence-corrected chi connectivity index (χ1v) is 4.83. The second-order valence-corrected chi connectivity index (χ2v) is 3.34. The summed E-state index contributed by atoms with van der Waals surface area (Å²) < 4.78 is 4.84. The monoisotopic (exact) mass is 219 g/mol. The molecular weight excluding hydrogens is 206 g/mol. The summed E-state index contributed by atoms with van der Waals surface area (Å²) in [5.74, 6) is 4.56. The molecule has 4 nitrogen and oxygen atoms in total. The van der Waals surface area contributed by atoms with E-state index in [2.05, 4.69) is 16.8 Å². The zero-order chi connectivity index (χ0) is 12.1. The van der Waals surface area contributed by atoms with Crippen LogP contribution >= 0.6 is 0 Å². The normalized spacial score (nSPS) is 9.19. The lowest BCUT2D eigenvalue weighted by Crippen LogP contribution is -2.22. The van der Waals surface area contributed by atoms with Crippen molar-refractivity contribution >= 4 is 5.97 Å². The van der Waals surface area contributed by atoms with Crippen LogP contribution in [0.1, 0.15) is 28.5 Å². The van der Waals surface area contributed by atoms with Crippen LogP contribution in [0.5, 0.6) is 0 Å². The zero-order valence-corrected chi connectivity index (χ0v) is 9.51. The SMILES string of the molecule is CC#CCOC(=O)c1c(C)cc(C)[nH]c1=O. The summed E-state index contributed by atoms with van der Waals surface area (Å²) in [5, 5.41) is 0. The van der Waals surface area contributed by atoms with Crippen LogP contribution in [0.2, 0.25) is 0 Å². The van der Waals surface area contributed by atoms with E-state index < -0.39 is 11.5 Å². The maximum Gasteiger partial charge on any atom is 0.345 e. The largest absolute Gasteiger partial charge is 0.449 e. The molecule has 0 aliphatic carbocycles. The lowest BCUT2D eigenvalue weighted by molar-refractivity contribution is 0.0553. The highest BCUT2D eigenvalue weighted by molar-refractivity contribution is 5.90. The highest BCUT2D eigenvalue weighted by Crippen LogP contribution is 2.04. The zero-order valence-electron chi connectivity index (χ0n) is 9.51. The molecule has 0 unspecified atom stereocenters. The first kappa shape index (κ1) is 12.1. The van der Waals surface area contributed by atoms with Crippen molar-refractivity contribution < 1.29 is 9.53 Å². The number of pyridine rings is 1. The van der Waals surface area contributed by atoms with Crippen molar-refractivity contribution in [3.05, 3.63) is 33.2 Å². The smallest absolute Gasteiger partial charge is 0.345 e. The van der Waals surface area contributed by atoms with Gasteiger partial charge in [0.15, 0.2) is 6.61 Å². The van der Waals surface area contributed by atoms with Crippen molar-refractivity contribution in [1.82, 2.24) is 4.98 Å². The van der Waals surface area contributed by atoms with Crippen molar-refractivity contribution in [1.29, 1.82) is 0 Å². The molecule has 1 aromatic heterocycles. The molecule has 0 fully saturated rings. The summed E-state index contributed by atoms with van der Waals surface area (Å²) in [4.78, 5) is 25.7. The fraction of sp³-hybridized carbons (Fsp3) is 0.333. The van der Waals surface area contributed by atoms with Gasteiger partial charge in [-0.15, -0.1) is 5.92 Å². The van der Waals surface area contributed by atoms with Gasteiger partial charge in [-0.3, -0.25) is 4.79 Å². The van der Waals surface area contributed by atoms with E-state index in [0.717, 1.165) is 0 Å². The molecule has 0 aliphatic heterocycles. The second-order valence-electron chi connectivity index (χ2n) is 3.34. The number of H-pyrrole nitrogens is 1. The highest BCUT2D eigenvalue weighted by Gasteiger charge is 2.15. The summed E-state index contributed by atoms with van der Waals surface area (Å²) >= 11 is 0. The summed E-state index contributed by atoms with van der Waals surface area (Å²) in [6.07, 6.45) is 0. The molecule has 0 amide bonds. The molecule has 1 rings (SSSR count). The molecule has 4 heteroatoms. The van der Waals surface area contributed by atoms with Gasteiger partial charge in [0, 0.05) is 5.69 Å². The average Bonchev–Trinajstić information content (AvgIpc) is 2.16. The maximum atomic E-state index is 11.6. The van der Waals surface area contributed by atoms with Gasteiger partial charge in [0.05, 0.1) is 0 Å². The molecule has 0 atom stereocenters. The Hall–Kier alpha value is -2.02. The van der Waals surface area contributed by atoms with Crippen LogP contribution in [-0.4, -0.2) is 17.6 Å². The number of aryl methyl sites for hydroxylation is 2. The second kappa shape index (κ2) is 5.17. The van der Waals surface area contributed by atoms with Gasteiger partial charge in [-0.25, -0.2) is 4.79 Å². The lowest BCUT2D eigenvalue weighted by Gasteiger charge is -2.04. The molecule has 0 bridgehead atoms. The standard InChI is InChI=1S/C12H13NO3/c1-4-5-6-16-12(15)10-8(2)7-9(3)13-11(10)14/h7H,6H2,1-3H3,(H,13,14). The number of hydrogen-bond acceptors (Lipinski definition) is 3. The van der Waals surface area contributed by atoms with Crippen molar-refractivity contribution in [2.24, 2.45) is 0 Å². The van der Waals surface area contributed by atoms with Gasteiger partial charge in [-0.1, -0.05) is 5.92 Å². The lowest BCUT2D eigenvalue weighted by atomic mass is 10.1. The molecule has 0 aromatic carbocycles. The minimum atomic E-state index is -0.637. The minimum absolute atomic E-state index is 0.00207. The molecular formula is C12H13NO3. The fourth-order valence-electron chi connectivity index (χ4n) is 1.35. The minimum Gasteiger partial charge on any atom is -0.449 e. The van der Waals surface area contributed by atoms with Gasteiger partial charge in [-0.2, -0.15) is 0 Å². The topological polar surface area (TPSA) is 59.2 Å². The van der Waals surface area contributed by atoms with E-state index in [-0.39, 0.29) is 12.2 Å². The maximum absolute atomic E-state index is 11.6. The fourth-order valence-corrected chi connectivity index (χ4v) is 1.35. The van der Waals surface area contributed by atoms with Gasteiger partial charge < -0.3 is 9.72 Å². The predicted molar refractivity (Wildman–Crippen MR) is 60.3 cm³/mol. The Morgan fingerprint density at radius 3 is 2.75 bits per heavy atom. The molecule has 1 N–H and O–H groups in total. The average molecular weight is 219 g/mol. The quantitative estimate of drug-likeness (QED) is 0.600. The summed E-state index contributed by atoms with van der Waals surface area (Å²) in [7, 11) is 0. The molecule has 0 saturated heterocycles. The van der Waals surface area contributed by atoms with Gasteiger partial charge in [0.2, 0.25) is 0 Å². The Morgan fingerprint density at radius 2 is 2.19 bits per heavy atom. The molecule has 0 spiro atoms. The Balaban J connectivity index is 2.99. The number of ether oxygens (including phenoxy) is 1. The van der Waals surface area contributed by atoms with Gasteiger partial charge >= 0.3 is 5.97 Å². The number of carbonyl (C=O) groups is 1. The molecule has 1 aromatic rings.